The van der Waals surface area contributed by atoms with Crippen molar-refractivity contribution in [2.45, 2.75) is 100 Å². The third-order valence-electron chi connectivity index (χ3n) is 6.37. The molecule has 16 heteroatoms. The van der Waals surface area contributed by atoms with E-state index < -0.39 is 47.0 Å². The normalized spacial score (nSPS) is 12.5. The van der Waals surface area contributed by atoms with Gasteiger partial charge in [-0.1, -0.05) is 45.9 Å². The number of nitrogens with two attached hydrogens (primary N) is 4. The van der Waals surface area contributed by atoms with Crippen molar-refractivity contribution in [3.8, 4) is 0 Å². The third-order valence-corrected chi connectivity index (χ3v) is 8.85. The van der Waals surface area contributed by atoms with Crippen molar-refractivity contribution in [3.05, 3.63) is 59.7 Å². The van der Waals surface area contributed by atoms with E-state index in [4.69, 9.17) is 32.4 Å². The van der Waals surface area contributed by atoms with Crippen LogP contribution < -0.4 is 33.6 Å². The van der Waals surface area contributed by atoms with Gasteiger partial charge in [-0.2, -0.15) is 0 Å². The first-order valence-electron chi connectivity index (χ1n) is 16.1. The first kappa shape index (κ1) is 41.7. The molecule has 14 nitrogen and oxygen atoms in total. The van der Waals surface area contributed by atoms with Gasteiger partial charge in [0.1, 0.15) is 23.3 Å². The van der Waals surface area contributed by atoms with Gasteiger partial charge in [0.15, 0.2) is 11.9 Å². The first-order chi connectivity index (χ1) is 23.4. The minimum Gasteiger partial charge on any atom is -0.458 e. The molecule has 2 rings (SSSR count). The van der Waals surface area contributed by atoms with Gasteiger partial charge in [0.2, 0.25) is 0 Å². The molecule has 2 aromatic carbocycles. The summed E-state index contributed by atoms with van der Waals surface area (Å²) in [7, 11) is 2.53. The molecule has 0 radical (unpaired) electrons. The van der Waals surface area contributed by atoms with Gasteiger partial charge in [-0.15, -0.1) is 0 Å². The number of carbonyl (C=O) groups is 4. The lowest BCUT2D eigenvalue weighted by atomic mass is 10.1. The van der Waals surface area contributed by atoms with Crippen LogP contribution in [0.3, 0.4) is 0 Å². The molecule has 0 spiro atoms. The molecule has 274 valence electrons. The van der Waals surface area contributed by atoms with Crippen molar-refractivity contribution in [3.63, 3.8) is 0 Å². The van der Waals surface area contributed by atoms with Crippen molar-refractivity contribution in [2.75, 3.05) is 13.1 Å². The van der Waals surface area contributed by atoms with Crippen molar-refractivity contribution in [2.24, 2.45) is 32.9 Å². The third kappa shape index (κ3) is 15.8. The van der Waals surface area contributed by atoms with Crippen molar-refractivity contribution in [1.82, 2.24) is 10.6 Å². The summed E-state index contributed by atoms with van der Waals surface area (Å²) in [6.45, 7) is 11.0. The number of carbonyl (C=O) groups excluding carboxylic acids is 4. The van der Waals surface area contributed by atoms with E-state index in [0.717, 1.165) is 0 Å². The molecule has 0 heterocycles. The van der Waals surface area contributed by atoms with Gasteiger partial charge in [0, 0.05) is 22.9 Å². The Morgan fingerprint density at radius 2 is 0.980 bits per heavy atom. The smallest absolute Gasteiger partial charge is 0.329 e. The lowest BCUT2D eigenvalue weighted by Crippen LogP contribution is -2.44. The van der Waals surface area contributed by atoms with Crippen LogP contribution in [-0.4, -0.2) is 72.0 Å². The molecule has 0 aromatic heterocycles. The van der Waals surface area contributed by atoms with Gasteiger partial charge in [-0.3, -0.25) is 19.6 Å². The van der Waals surface area contributed by atoms with Crippen LogP contribution in [0.2, 0.25) is 0 Å². The summed E-state index contributed by atoms with van der Waals surface area (Å²) >= 11 is 0. The number of hydrogen-bond donors (Lipinski definition) is 6. The van der Waals surface area contributed by atoms with Gasteiger partial charge < -0.3 is 43.0 Å². The highest BCUT2D eigenvalue weighted by Crippen LogP contribution is 2.40. The Labute approximate surface area is 301 Å². The maximum atomic E-state index is 13.6. The van der Waals surface area contributed by atoms with Gasteiger partial charge in [0.25, 0.3) is 11.8 Å². The number of rotatable bonds is 17. The zero-order chi connectivity index (χ0) is 37.5. The molecule has 0 saturated carbocycles. The molecule has 0 fully saturated rings. The fourth-order valence-electron chi connectivity index (χ4n) is 4.27. The zero-order valence-electron chi connectivity index (χ0n) is 29.5. The van der Waals surface area contributed by atoms with E-state index in [1.54, 1.807) is 90.1 Å². The van der Waals surface area contributed by atoms with Gasteiger partial charge >= 0.3 is 11.9 Å². The van der Waals surface area contributed by atoms with Crippen LogP contribution in [0.5, 0.6) is 0 Å². The predicted molar refractivity (Wildman–Crippen MR) is 199 cm³/mol. The highest BCUT2D eigenvalue weighted by Gasteiger charge is 2.29. The fourth-order valence-corrected chi connectivity index (χ4v) is 6.63. The lowest BCUT2D eigenvalue weighted by molar-refractivity contribution is -0.158. The van der Waals surface area contributed by atoms with Crippen molar-refractivity contribution >= 4 is 57.3 Å². The molecule has 0 aliphatic carbocycles. The van der Waals surface area contributed by atoms with Crippen LogP contribution in [0.1, 0.15) is 87.9 Å². The molecule has 0 aliphatic heterocycles. The number of ether oxygens (including phenoxy) is 2. The number of benzene rings is 2. The summed E-state index contributed by atoms with van der Waals surface area (Å²) in [5, 5.41) is 5.62. The summed E-state index contributed by atoms with van der Waals surface area (Å²) in [5.41, 5.74) is 20.8. The molecular weight excluding hydrogens is 681 g/mol. The summed E-state index contributed by atoms with van der Waals surface area (Å²) in [6, 6.07) is 12.0. The number of guanidine groups is 2. The molecule has 2 aromatic rings. The van der Waals surface area contributed by atoms with E-state index in [0.29, 0.717) is 33.8 Å². The average Bonchev–Trinajstić information content (AvgIpc) is 3.01. The standard InChI is InChI=1S/C34H50N8O6S2/c1-33(2,3)47-29(45)23(15-11-19-39-31(35)36)41-27(43)21-13-7-9-17-25(21)49-50-26-18-10-8-14-22(26)28(44)42-24(16-12-20-40-32(37)38)30(46)48-34(4,5)6/h7-10,13-14,17-18,23-24H,11-12,15-16,19-20H2,1-6H3,(H,41,43)(H,42,44)(H4,35,36,39)(H4,37,38,40)/t23-,24-/m0/s1. The summed E-state index contributed by atoms with van der Waals surface area (Å²) < 4.78 is 11.1. The highest BCUT2D eigenvalue weighted by atomic mass is 33.1. The number of amides is 2. The van der Waals surface area contributed by atoms with Gasteiger partial charge in [-0.05, 0) is 91.5 Å². The van der Waals surface area contributed by atoms with E-state index in [1.165, 1.54) is 21.6 Å². The number of hydrogen-bond acceptors (Lipinski definition) is 10. The fraction of sp³-hybridized carbons (Fsp3) is 0.471. The molecule has 2 amide bonds. The van der Waals surface area contributed by atoms with Crippen LogP contribution in [0.25, 0.3) is 0 Å². The summed E-state index contributed by atoms with van der Waals surface area (Å²) in [4.78, 5) is 62.3. The van der Waals surface area contributed by atoms with Gasteiger partial charge in [-0.25, -0.2) is 9.59 Å². The topological polar surface area (TPSA) is 240 Å². The number of aliphatic imine (C=N–C) groups is 2. The molecule has 0 saturated heterocycles. The van der Waals surface area contributed by atoms with Gasteiger partial charge in [0.05, 0.1) is 11.1 Å². The quantitative estimate of drug-likeness (QED) is 0.0451. The maximum Gasteiger partial charge on any atom is 0.329 e. The zero-order valence-corrected chi connectivity index (χ0v) is 31.1. The minimum atomic E-state index is -0.941. The summed E-state index contributed by atoms with van der Waals surface area (Å²) in [6.07, 6.45) is 1.36. The molecule has 0 unspecified atom stereocenters. The Bertz CT molecular complexity index is 1420. The SMILES string of the molecule is CC(C)(C)OC(=O)[C@H](CCCN=C(N)N)NC(=O)c1ccccc1SSc1ccccc1C(=O)N[C@@H](CCCN=C(N)N)C(=O)OC(C)(C)C. The van der Waals surface area contributed by atoms with E-state index in [1.807, 2.05) is 0 Å². The molecule has 10 N–H and O–H groups in total. The van der Waals surface area contributed by atoms with Crippen molar-refractivity contribution in [1.29, 1.82) is 0 Å². The molecule has 0 bridgehead atoms. The first-order valence-corrected chi connectivity index (χ1v) is 18.2. The Kier molecular flexibility index (Phi) is 16.4. The monoisotopic (exact) mass is 730 g/mol. The van der Waals surface area contributed by atoms with Crippen LogP contribution in [0.4, 0.5) is 0 Å². The Hall–Kier alpha value is -4.44. The van der Waals surface area contributed by atoms with E-state index >= 15 is 0 Å². The van der Waals surface area contributed by atoms with Crippen molar-refractivity contribution < 1.29 is 28.7 Å². The Morgan fingerprint density at radius 3 is 1.30 bits per heavy atom. The predicted octanol–water partition coefficient (Wildman–Crippen LogP) is 3.47. The molecule has 0 aliphatic rings. The van der Waals surface area contributed by atoms with Crippen LogP contribution in [-0.2, 0) is 19.1 Å². The lowest BCUT2D eigenvalue weighted by Gasteiger charge is -2.25. The average molecular weight is 731 g/mol. The second-order valence-electron chi connectivity index (χ2n) is 13.2. The Morgan fingerprint density at radius 1 is 0.640 bits per heavy atom. The van der Waals surface area contributed by atoms with Crippen LogP contribution in [0, 0.1) is 0 Å². The number of esters is 2. The largest absolute Gasteiger partial charge is 0.458 e. The second kappa shape index (κ2) is 19.7. The molecule has 50 heavy (non-hydrogen) atoms. The van der Waals surface area contributed by atoms with E-state index in [-0.39, 0.29) is 37.9 Å². The number of nitrogens with one attached hydrogen (secondary N) is 2. The maximum absolute atomic E-state index is 13.6. The van der Waals surface area contributed by atoms with E-state index in [9.17, 15) is 19.2 Å². The van der Waals surface area contributed by atoms with Crippen LogP contribution >= 0.6 is 21.6 Å². The number of nitrogens with zero attached hydrogens (tertiary/aromatic N) is 2. The van der Waals surface area contributed by atoms with E-state index in [2.05, 4.69) is 20.6 Å². The second-order valence-corrected chi connectivity index (χ2v) is 15.4. The molecule has 2 atom stereocenters. The highest BCUT2D eigenvalue weighted by molar-refractivity contribution is 8.76. The Balaban J connectivity index is 2.24. The summed E-state index contributed by atoms with van der Waals surface area (Å²) in [5.74, 6) is -2.22. The minimum absolute atomic E-state index is 0.0623. The molecular formula is C34H50N8O6S2. The van der Waals surface area contributed by atoms with Crippen LogP contribution in [0.15, 0.2) is 68.3 Å².